The van der Waals surface area contributed by atoms with E-state index in [0.29, 0.717) is 11.2 Å². The number of hydrogen-bond acceptors (Lipinski definition) is 4. The zero-order valence-corrected chi connectivity index (χ0v) is 16.0. The molecule has 0 saturated carbocycles. The van der Waals surface area contributed by atoms with Crippen LogP contribution in [0.5, 0.6) is 5.75 Å². The third-order valence-corrected chi connectivity index (χ3v) is 5.11. The first-order chi connectivity index (χ1) is 14.1. The van der Waals surface area contributed by atoms with Crippen LogP contribution in [0.1, 0.15) is 10.4 Å². The number of para-hydroxylation sites is 2. The van der Waals surface area contributed by atoms with Gasteiger partial charge < -0.3 is 14.6 Å². The van der Waals surface area contributed by atoms with E-state index in [1.807, 2.05) is 66.7 Å². The monoisotopic (exact) mass is 382 g/mol. The summed E-state index contributed by atoms with van der Waals surface area (Å²) >= 11 is 0. The minimum absolute atomic E-state index is 0.0971. The molecule has 0 aliphatic carbocycles. The number of H-pyrrole nitrogens is 1. The number of nitrogens with one attached hydrogen (secondary N) is 1. The molecule has 2 aromatic heterocycles. The second kappa shape index (κ2) is 6.60. The van der Waals surface area contributed by atoms with Gasteiger partial charge in [0.2, 0.25) is 0 Å². The van der Waals surface area contributed by atoms with Crippen molar-refractivity contribution < 1.29 is 9.53 Å². The van der Waals surface area contributed by atoms with Gasteiger partial charge in [0, 0.05) is 29.2 Å². The van der Waals surface area contributed by atoms with Gasteiger partial charge in [-0.05, 0) is 54.6 Å². The van der Waals surface area contributed by atoms with Gasteiger partial charge in [0.25, 0.3) is 5.91 Å². The maximum absolute atomic E-state index is 13.1. The van der Waals surface area contributed by atoms with Crippen molar-refractivity contribution in [3.8, 4) is 5.75 Å². The predicted octanol–water partition coefficient (Wildman–Crippen LogP) is 4.55. The van der Waals surface area contributed by atoms with Crippen LogP contribution in [0.3, 0.4) is 0 Å². The van der Waals surface area contributed by atoms with Gasteiger partial charge in [-0.15, -0.1) is 0 Å². The fraction of sp³-hybridized carbons (Fsp3) is 0.0870. The number of carbonyl (C=O) groups excluding carboxylic acids is 1. The van der Waals surface area contributed by atoms with Crippen molar-refractivity contribution in [1.82, 2.24) is 15.0 Å². The lowest BCUT2D eigenvalue weighted by atomic mass is 10.1. The van der Waals surface area contributed by atoms with E-state index in [9.17, 15) is 4.79 Å². The van der Waals surface area contributed by atoms with Gasteiger partial charge in [0.05, 0.1) is 18.1 Å². The zero-order chi connectivity index (χ0) is 20.0. The average Bonchev–Trinajstić information content (AvgIpc) is 3.13. The molecule has 1 N–H and O–H groups in total. The van der Waals surface area contributed by atoms with Gasteiger partial charge >= 0.3 is 0 Å². The first-order valence-corrected chi connectivity index (χ1v) is 9.24. The zero-order valence-electron chi connectivity index (χ0n) is 16.0. The summed E-state index contributed by atoms with van der Waals surface area (Å²) in [5, 5.41) is 0.882. The normalized spacial score (nSPS) is 11.2. The Morgan fingerprint density at radius 2 is 1.69 bits per heavy atom. The number of rotatable bonds is 3. The Morgan fingerprint density at radius 3 is 2.41 bits per heavy atom. The summed E-state index contributed by atoms with van der Waals surface area (Å²) in [4.78, 5) is 27.4. The third kappa shape index (κ3) is 2.86. The second-order valence-corrected chi connectivity index (χ2v) is 6.86. The topological polar surface area (TPSA) is 71.1 Å². The third-order valence-electron chi connectivity index (χ3n) is 5.11. The van der Waals surface area contributed by atoms with Crippen molar-refractivity contribution in [1.29, 1.82) is 0 Å². The molecule has 0 radical (unpaired) electrons. The average molecular weight is 382 g/mol. The van der Waals surface area contributed by atoms with Gasteiger partial charge in [0.1, 0.15) is 11.3 Å². The second-order valence-electron chi connectivity index (χ2n) is 6.86. The molecule has 0 atom stereocenters. The summed E-state index contributed by atoms with van der Waals surface area (Å²) in [7, 11) is 3.38. The molecule has 29 heavy (non-hydrogen) atoms. The van der Waals surface area contributed by atoms with E-state index in [0.717, 1.165) is 38.9 Å². The molecule has 0 fully saturated rings. The lowest BCUT2D eigenvalue weighted by Crippen LogP contribution is -2.26. The van der Waals surface area contributed by atoms with E-state index in [1.165, 1.54) is 0 Å². The van der Waals surface area contributed by atoms with E-state index >= 15 is 0 Å². The van der Waals surface area contributed by atoms with Crippen molar-refractivity contribution in [2.45, 2.75) is 0 Å². The van der Waals surface area contributed by atoms with Crippen molar-refractivity contribution in [3.63, 3.8) is 0 Å². The number of aromatic nitrogens is 3. The van der Waals surface area contributed by atoms with E-state index in [1.54, 1.807) is 19.1 Å². The van der Waals surface area contributed by atoms with Crippen LogP contribution in [0.15, 0.2) is 66.7 Å². The highest BCUT2D eigenvalue weighted by molar-refractivity contribution is 6.11. The number of amides is 1. The molecule has 6 nitrogen and oxygen atoms in total. The lowest BCUT2D eigenvalue weighted by Gasteiger charge is -2.17. The van der Waals surface area contributed by atoms with Gasteiger partial charge in [-0.2, -0.15) is 0 Å². The summed E-state index contributed by atoms with van der Waals surface area (Å²) in [5.41, 5.74) is 5.42. The molecule has 5 aromatic rings. The summed E-state index contributed by atoms with van der Waals surface area (Å²) in [6.45, 7) is 0. The first kappa shape index (κ1) is 17.2. The molecule has 3 aromatic carbocycles. The van der Waals surface area contributed by atoms with Crippen molar-refractivity contribution in [3.05, 3.63) is 72.3 Å². The minimum Gasteiger partial charge on any atom is -0.497 e. The van der Waals surface area contributed by atoms with Gasteiger partial charge in [-0.25, -0.2) is 9.97 Å². The quantitative estimate of drug-likeness (QED) is 0.497. The molecule has 0 aliphatic heterocycles. The molecule has 2 heterocycles. The van der Waals surface area contributed by atoms with Crippen LogP contribution in [-0.4, -0.2) is 35.0 Å². The highest BCUT2D eigenvalue weighted by Gasteiger charge is 2.16. The molecule has 1 amide bonds. The Morgan fingerprint density at radius 1 is 0.966 bits per heavy atom. The van der Waals surface area contributed by atoms with Crippen LogP contribution in [0.4, 0.5) is 5.69 Å². The fourth-order valence-electron chi connectivity index (χ4n) is 3.50. The largest absolute Gasteiger partial charge is 0.497 e. The lowest BCUT2D eigenvalue weighted by molar-refractivity contribution is 0.0993. The number of anilines is 1. The first-order valence-electron chi connectivity index (χ1n) is 9.24. The summed E-state index contributed by atoms with van der Waals surface area (Å²) in [6.07, 6.45) is 0. The van der Waals surface area contributed by atoms with E-state index in [-0.39, 0.29) is 5.91 Å². The van der Waals surface area contributed by atoms with E-state index < -0.39 is 0 Å². The molecule has 0 spiro atoms. The molecule has 0 bridgehead atoms. The SMILES string of the molecule is COc1ccc(N(C)C(=O)c2ccc3[nH]c4nc5ccccc5nc4c3c2)cc1. The van der Waals surface area contributed by atoms with E-state index in [4.69, 9.17) is 9.72 Å². The molecule has 142 valence electrons. The maximum atomic E-state index is 13.1. The molecular weight excluding hydrogens is 364 g/mol. The Balaban J connectivity index is 1.58. The number of nitrogens with zero attached hydrogens (tertiary/aromatic N) is 3. The summed E-state index contributed by atoms with van der Waals surface area (Å²) in [5.74, 6) is 0.653. The van der Waals surface area contributed by atoms with Gasteiger partial charge in [-0.3, -0.25) is 4.79 Å². The standard InChI is InChI=1S/C23H18N4O2/c1-27(15-8-10-16(29-2)11-9-15)23(28)14-7-12-18-17(13-14)21-22(25-18)26-20-6-4-3-5-19(20)24-21/h3-13H,1-2H3,(H,25,26). The minimum atomic E-state index is -0.0971. The van der Waals surface area contributed by atoms with Crippen molar-refractivity contribution in [2.24, 2.45) is 0 Å². The van der Waals surface area contributed by atoms with Crippen LogP contribution >= 0.6 is 0 Å². The molecule has 5 rings (SSSR count). The number of methoxy groups -OCH3 is 1. The van der Waals surface area contributed by atoms with E-state index in [2.05, 4.69) is 9.97 Å². The number of hydrogen-bond donors (Lipinski definition) is 1. The number of ether oxygens (including phenoxy) is 1. The molecular formula is C23H18N4O2. The Kier molecular flexibility index (Phi) is 3.91. The van der Waals surface area contributed by atoms with Crippen LogP contribution in [0.25, 0.3) is 33.1 Å². The van der Waals surface area contributed by atoms with Gasteiger partial charge in [0.15, 0.2) is 5.65 Å². The molecule has 0 unspecified atom stereocenters. The van der Waals surface area contributed by atoms with Crippen LogP contribution in [0, 0.1) is 0 Å². The number of aromatic amines is 1. The highest BCUT2D eigenvalue weighted by atomic mass is 16.5. The van der Waals surface area contributed by atoms with Gasteiger partial charge in [-0.1, -0.05) is 12.1 Å². The Hall–Kier alpha value is -3.93. The predicted molar refractivity (Wildman–Crippen MR) is 115 cm³/mol. The number of carbonyl (C=O) groups is 1. The van der Waals surface area contributed by atoms with Crippen LogP contribution in [-0.2, 0) is 0 Å². The van der Waals surface area contributed by atoms with Crippen molar-refractivity contribution >= 4 is 44.7 Å². The fourth-order valence-corrected chi connectivity index (χ4v) is 3.50. The maximum Gasteiger partial charge on any atom is 0.258 e. The molecule has 0 saturated heterocycles. The Labute approximate surface area is 166 Å². The van der Waals surface area contributed by atoms with Crippen LogP contribution < -0.4 is 9.64 Å². The highest BCUT2D eigenvalue weighted by Crippen LogP contribution is 2.27. The Bertz CT molecular complexity index is 1370. The number of benzene rings is 3. The van der Waals surface area contributed by atoms with Crippen molar-refractivity contribution in [2.75, 3.05) is 19.1 Å². The molecule has 6 heteroatoms. The number of fused-ring (bicyclic) bond motifs is 4. The van der Waals surface area contributed by atoms with Crippen LogP contribution in [0.2, 0.25) is 0 Å². The smallest absolute Gasteiger partial charge is 0.258 e. The summed E-state index contributed by atoms with van der Waals surface area (Å²) in [6, 6.07) is 20.7. The molecule has 0 aliphatic rings. The summed E-state index contributed by atoms with van der Waals surface area (Å²) < 4.78 is 5.18.